The molecule has 0 saturated carbocycles. The van der Waals surface area contributed by atoms with Crippen LogP contribution < -0.4 is 4.18 Å². The molecule has 0 bridgehead atoms. The monoisotopic (exact) mass is 441 g/mol. The van der Waals surface area contributed by atoms with Gasteiger partial charge in [0.2, 0.25) is 11.7 Å². The van der Waals surface area contributed by atoms with Gasteiger partial charge in [0.1, 0.15) is 16.0 Å². The number of aryl methyl sites for hydroxylation is 2. The number of para-hydroxylation sites is 1. The third-order valence-electron chi connectivity index (χ3n) is 4.45. The fourth-order valence-corrected chi connectivity index (χ4v) is 3.91. The highest BCUT2D eigenvalue weighted by atomic mass is 32.2. The van der Waals surface area contributed by atoms with Gasteiger partial charge in [0.05, 0.1) is 17.2 Å². The van der Waals surface area contributed by atoms with Gasteiger partial charge in [0, 0.05) is 6.07 Å². The molecular weight excluding hydrogens is 422 g/mol. The van der Waals surface area contributed by atoms with E-state index in [1.165, 1.54) is 54.1 Å². The van der Waals surface area contributed by atoms with Crippen molar-refractivity contribution in [3.05, 3.63) is 93.7 Å². The van der Waals surface area contributed by atoms with E-state index in [1.54, 1.807) is 12.1 Å². The predicted octanol–water partition coefficient (Wildman–Crippen LogP) is 3.59. The van der Waals surface area contributed by atoms with Crippen molar-refractivity contribution < 1.29 is 22.3 Å². The molecule has 31 heavy (non-hydrogen) atoms. The summed E-state index contributed by atoms with van der Waals surface area (Å²) in [5.41, 5.74) is 0.242. The van der Waals surface area contributed by atoms with Gasteiger partial charge in [-0.1, -0.05) is 35.9 Å². The van der Waals surface area contributed by atoms with Gasteiger partial charge in [0.25, 0.3) is 5.69 Å². The molecule has 2 aromatic carbocycles. The summed E-state index contributed by atoms with van der Waals surface area (Å²) in [7, 11) is -4.30. The number of benzene rings is 2. The molecule has 0 aliphatic carbocycles. The van der Waals surface area contributed by atoms with Crippen LogP contribution in [0, 0.1) is 24.0 Å². The highest BCUT2D eigenvalue weighted by molar-refractivity contribution is 7.87. The lowest BCUT2D eigenvalue weighted by molar-refractivity contribution is -0.385. The van der Waals surface area contributed by atoms with E-state index in [1.807, 2.05) is 6.92 Å². The van der Waals surface area contributed by atoms with Crippen LogP contribution in [0.1, 0.15) is 27.2 Å². The van der Waals surface area contributed by atoms with Crippen molar-refractivity contribution in [3.8, 4) is 5.88 Å². The van der Waals surface area contributed by atoms with E-state index in [-0.39, 0.29) is 34.1 Å². The molecule has 0 unspecified atom stereocenters. The van der Waals surface area contributed by atoms with Crippen LogP contribution in [-0.2, 0) is 16.7 Å². The van der Waals surface area contributed by atoms with Gasteiger partial charge in [-0.2, -0.15) is 13.5 Å². The van der Waals surface area contributed by atoms with E-state index in [0.29, 0.717) is 0 Å². The van der Waals surface area contributed by atoms with Crippen molar-refractivity contribution in [1.82, 2.24) is 9.78 Å². The van der Waals surface area contributed by atoms with E-state index >= 15 is 0 Å². The number of nitro groups is 1. The summed E-state index contributed by atoms with van der Waals surface area (Å²) in [5.74, 6) is -1.10. The Bertz CT molecular complexity index is 1280. The van der Waals surface area contributed by atoms with Gasteiger partial charge in [-0.05, 0) is 32.0 Å². The van der Waals surface area contributed by atoms with E-state index in [9.17, 15) is 23.3 Å². The summed E-state index contributed by atoms with van der Waals surface area (Å²) in [6.07, 6.45) is 1.46. The quantitative estimate of drug-likeness (QED) is 0.172. The topological polar surface area (TPSA) is 121 Å². The Morgan fingerprint density at radius 2 is 1.84 bits per heavy atom. The number of nitro benzene ring substituents is 1. The van der Waals surface area contributed by atoms with E-state index in [4.69, 9.17) is 4.18 Å². The molecule has 3 rings (SSSR count). The molecule has 0 spiro atoms. The van der Waals surface area contributed by atoms with Crippen LogP contribution in [0.2, 0.25) is 0 Å². The first-order chi connectivity index (χ1) is 14.7. The molecule has 160 valence electrons. The number of nitrogens with zero attached hydrogens (tertiary/aromatic N) is 3. The lowest BCUT2D eigenvalue weighted by atomic mass is 10.0. The lowest BCUT2D eigenvalue weighted by Gasteiger charge is -2.11. The Balaban J connectivity index is 2.15. The highest BCUT2D eigenvalue weighted by Gasteiger charge is 2.31. The molecule has 0 fully saturated rings. The van der Waals surface area contributed by atoms with Gasteiger partial charge in [-0.25, -0.2) is 4.68 Å². The first-order valence-corrected chi connectivity index (χ1v) is 10.5. The molecule has 0 atom stereocenters. The molecule has 0 aliphatic rings. The normalized spacial score (nSPS) is 11.2. The summed E-state index contributed by atoms with van der Waals surface area (Å²) in [4.78, 5) is 23.8. The third kappa shape index (κ3) is 4.38. The molecule has 0 aliphatic heterocycles. The van der Waals surface area contributed by atoms with Gasteiger partial charge >= 0.3 is 10.1 Å². The average Bonchev–Trinajstić information content (AvgIpc) is 3.02. The summed E-state index contributed by atoms with van der Waals surface area (Å²) in [6.45, 7) is 6.96. The van der Waals surface area contributed by atoms with Crippen molar-refractivity contribution >= 4 is 21.6 Å². The first-order valence-electron chi connectivity index (χ1n) is 9.13. The largest absolute Gasteiger partial charge is 0.358 e. The number of ketones is 1. The summed E-state index contributed by atoms with van der Waals surface area (Å²) < 4.78 is 32.2. The maximum Gasteiger partial charge on any atom is 0.340 e. The number of rotatable bonds is 8. The standard InChI is InChI=1S/C21H19N3O6S/c1-4-13-23-21(30-31(28,29)16-11-9-14(2)10-12-16)19(15(3)22-23)20(25)17-7-5-6-8-18(17)24(26)27/h4-12H,1,13H2,2-3H3. The zero-order valence-corrected chi connectivity index (χ0v) is 17.6. The third-order valence-corrected chi connectivity index (χ3v) is 5.68. The number of carbonyl (C=O) groups excluding carboxylic acids is 1. The first kappa shape index (κ1) is 21.9. The minimum atomic E-state index is -4.30. The molecule has 0 saturated heterocycles. The fourth-order valence-electron chi connectivity index (χ4n) is 2.97. The number of hydrogen-bond donors (Lipinski definition) is 0. The lowest BCUT2D eigenvalue weighted by Crippen LogP contribution is -2.16. The van der Waals surface area contributed by atoms with Crippen LogP contribution in [0.3, 0.4) is 0 Å². The minimum Gasteiger partial charge on any atom is -0.358 e. The van der Waals surface area contributed by atoms with Gasteiger partial charge in [-0.15, -0.1) is 6.58 Å². The van der Waals surface area contributed by atoms with Gasteiger partial charge < -0.3 is 4.18 Å². The molecule has 0 radical (unpaired) electrons. The van der Waals surface area contributed by atoms with Crippen LogP contribution >= 0.6 is 0 Å². The maximum atomic E-state index is 13.2. The Kier molecular flexibility index (Phi) is 6.02. The molecule has 1 aromatic heterocycles. The molecule has 0 N–H and O–H groups in total. The Labute approximate surface area is 178 Å². The summed E-state index contributed by atoms with van der Waals surface area (Å²) >= 11 is 0. The second-order valence-electron chi connectivity index (χ2n) is 6.69. The number of carbonyl (C=O) groups is 1. The second kappa shape index (κ2) is 8.52. The molecular formula is C21H19N3O6S. The molecule has 1 heterocycles. The number of allylic oxidation sites excluding steroid dienone is 1. The van der Waals surface area contributed by atoms with Crippen molar-refractivity contribution in [2.45, 2.75) is 25.3 Å². The number of hydrogen-bond acceptors (Lipinski definition) is 7. The minimum absolute atomic E-state index is 0.0593. The summed E-state index contributed by atoms with van der Waals surface area (Å²) in [6, 6.07) is 11.4. The zero-order chi connectivity index (χ0) is 22.8. The van der Waals surface area contributed by atoms with Gasteiger partial charge in [0.15, 0.2) is 0 Å². The summed E-state index contributed by atoms with van der Waals surface area (Å²) in [5, 5.41) is 15.5. The van der Waals surface area contributed by atoms with Crippen molar-refractivity contribution in [2.75, 3.05) is 0 Å². The molecule has 3 aromatic rings. The number of aromatic nitrogens is 2. The molecule has 10 heteroatoms. The smallest absolute Gasteiger partial charge is 0.340 e. The Morgan fingerprint density at radius 3 is 2.45 bits per heavy atom. The van der Waals surface area contributed by atoms with Crippen molar-refractivity contribution in [1.29, 1.82) is 0 Å². The van der Waals surface area contributed by atoms with E-state index in [2.05, 4.69) is 11.7 Å². The van der Waals surface area contributed by atoms with Crippen LogP contribution in [0.25, 0.3) is 0 Å². The van der Waals surface area contributed by atoms with Crippen LogP contribution in [0.4, 0.5) is 5.69 Å². The second-order valence-corrected chi connectivity index (χ2v) is 8.24. The molecule has 9 nitrogen and oxygen atoms in total. The van der Waals surface area contributed by atoms with Crippen molar-refractivity contribution in [2.24, 2.45) is 0 Å². The SMILES string of the molecule is C=CCn1nc(C)c(C(=O)c2ccccc2[N+](=O)[O-])c1OS(=O)(=O)c1ccc(C)cc1. The maximum absolute atomic E-state index is 13.2. The zero-order valence-electron chi connectivity index (χ0n) is 16.8. The molecule has 0 amide bonds. The van der Waals surface area contributed by atoms with Crippen LogP contribution in [0.5, 0.6) is 5.88 Å². The van der Waals surface area contributed by atoms with E-state index in [0.717, 1.165) is 5.56 Å². The highest BCUT2D eigenvalue weighted by Crippen LogP contribution is 2.31. The Morgan fingerprint density at radius 1 is 1.19 bits per heavy atom. The van der Waals surface area contributed by atoms with Gasteiger partial charge in [-0.3, -0.25) is 14.9 Å². The van der Waals surface area contributed by atoms with Crippen LogP contribution in [-0.4, -0.2) is 28.9 Å². The van der Waals surface area contributed by atoms with Crippen LogP contribution in [0.15, 0.2) is 66.1 Å². The average molecular weight is 441 g/mol. The Hall–Kier alpha value is -3.79. The van der Waals surface area contributed by atoms with E-state index < -0.39 is 26.5 Å². The van der Waals surface area contributed by atoms with Crippen molar-refractivity contribution in [3.63, 3.8) is 0 Å². The fraction of sp³-hybridized carbons (Fsp3) is 0.143. The predicted molar refractivity (Wildman–Crippen MR) is 113 cm³/mol.